The fourth-order valence-corrected chi connectivity index (χ4v) is 7.42. The number of pyridine rings is 1. The van der Waals surface area contributed by atoms with Gasteiger partial charge >= 0.3 is 0 Å². The summed E-state index contributed by atoms with van der Waals surface area (Å²) in [5.41, 5.74) is 10.3. The molecule has 0 saturated carbocycles. The number of aromatic nitrogens is 1. The highest BCUT2D eigenvalue weighted by atomic mass is 14.7. The third-order valence-electron chi connectivity index (χ3n) is 9.01. The Balaban J connectivity index is 1.53. The molecule has 0 radical (unpaired) electrons. The molecule has 5 aromatic rings. The lowest BCUT2D eigenvalue weighted by Gasteiger charge is -2.42. The van der Waals surface area contributed by atoms with Crippen molar-refractivity contribution in [3.05, 3.63) is 156 Å². The van der Waals surface area contributed by atoms with Crippen LogP contribution in [0.3, 0.4) is 0 Å². The molecule has 0 saturated heterocycles. The van der Waals surface area contributed by atoms with Crippen LogP contribution in [0.2, 0.25) is 0 Å². The van der Waals surface area contributed by atoms with Crippen molar-refractivity contribution in [2.75, 3.05) is 0 Å². The van der Waals surface area contributed by atoms with Crippen molar-refractivity contribution >= 4 is 27.2 Å². The maximum atomic E-state index is 5.23. The van der Waals surface area contributed by atoms with Crippen molar-refractivity contribution in [1.29, 1.82) is 0 Å². The SMILES string of the molecule is C1=CCC(C2(c3ccccc3)C3=C(C=CCC3)c3cc4c(-c5ccccc5)nc5ccccc5c4cc32)C=C1. The van der Waals surface area contributed by atoms with Crippen LogP contribution in [-0.2, 0) is 5.41 Å². The van der Waals surface area contributed by atoms with Crippen LogP contribution in [0.15, 0.2) is 139 Å². The minimum absolute atomic E-state index is 0.191. The molecule has 1 nitrogen and oxygen atoms in total. The van der Waals surface area contributed by atoms with Crippen LogP contribution in [0.5, 0.6) is 0 Å². The minimum Gasteiger partial charge on any atom is -0.247 e. The van der Waals surface area contributed by atoms with Crippen molar-refractivity contribution in [3.8, 4) is 11.3 Å². The molecule has 0 bridgehead atoms. The molecule has 1 heterocycles. The van der Waals surface area contributed by atoms with Crippen LogP contribution >= 0.6 is 0 Å². The zero-order chi connectivity index (χ0) is 25.8. The van der Waals surface area contributed by atoms with E-state index in [-0.39, 0.29) is 5.41 Å². The molecule has 0 amide bonds. The fourth-order valence-electron chi connectivity index (χ4n) is 7.42. The Morgan fingerprint density at radius 2 is 1.51 bits per heavy atom. The van der Waals surface area contributed by atoms with Crippen LogP contribution in [0.4, 0.5) is 0 Å². The Kier molecular flexibility index (Phi) is 5.06. The molecule has 0 fully saturated rings. The molecule has 2 atom stereocenters. The maximum Gasteiger partial charge on any atom is 0.0788 e. The Labute approximate surface area is 229 Å². The summed E-state index contributed by atoms with van der Waals surface area (Å²) in [5.74, 6) is 0.363. The number of benzene rings is 4. The van der Waals surface area contributed by atoms with Crippen molar-refractivity contribution in [3.63, 3.8) is 0 Å². The van der Waals surface area contributed by atoms with E-state index in [2.05, 4.69) is 134 Å². The molecule has 0 aliphatic heterocycles. The van der Waals surface area contributed by atoms with Gasteiger partial charge in [-0.25, -0.2) is 4.98 Å². The first-order valence-corrected chi connectivity index (χ1v) is 14.1. The molecular weight excluding hydrogens is 470 g/mol. The number of fused-ring (bicyclic) bond motifs is 5. The molecule has 2 unspecified atom stereocenters. The maximum absolute atomic E-state index is 5.23. The van der Waals surface area contributed by atoms with Crippen molar-refractivity contribution in [2.24, 2.45) is 5.92 Å². The van der Waals surface area contributed by atoms with Gasteiger partial charge in [-0.2, -0.15) is 0 Å². The molecule has 0 spiro atoms. The highest BCUT2D eigenvalue weighted by molar-refractivity contribution is 6.13. The predicted molar refractivity (Wildman–Crippen MR) is 164 cm³/mol. The lowest BCUT2D eigenvalue weighted by molar-refractivity contribution is 0.435. The van der Waals surface area contributed by atoms with E-state index in [1.165, 1.54) is 38.4 Å². The standard InChI is InChI=1S/C38H29N/c1-4-14-26(15-5-1)37-33-24-32-29-20-10-12-22-34(29)38(27-16-6-2-7-17-27,28-18-8-3-9-19-28)35(32)25-31(33)30-21-11-13-23-36(30)39-37/h1-11,13-18,20-21,23-25,28H,12,19,22H2. The van der Waals surface area contributed by atoms with Gasteiger partial charge in [0.25, 0.3) is 0 Å². The van der Waals surface area contributed by atoms with E-state index in [1.54, 1.807) is 5.57 Å². The normalized spacial score (nSPS) is 21.5. The first-order valence-electron chi connectivity index (χ1n) is 14.1. The Bertz CT molecular complexity index is 1870. The quantitative estimate of drug-likeness (QED) is 0.225. The van der Waals surface area contributed by atoms with Gasteiger partial charge in [-0.15, -0.1) is 0 Å². The highest BCUT2D eigenvalue weighted by Gasteiger charge is 2.50. The summed E-state index contributed by atoms with van der Waals surface area (Å²) in [7, 11) is 0. The van der Waals surface area contributed by atoms with Gasteiger partial charge in [0, 0.05) is 21.8 Å². The van der Waals surface area contributed by atoms with Crippen LogP contribution < -0.4 is 0 Å². The van der Waals surface area contributed by atoms with Gasteiger partial charge in [0.05, 0.1) is 11.2 Å². The molecular formula is C38H29N. The van der Waals surface area contributed by atoms with Crippen LogP contribution in [0.25, 0.3) is 38.5 Å². The summed E-state index contributed by atoms with van der Waals surface area (Å²) in [6.45, 7) is 0. The summed E-state index contributed by atoms with van der Waals surface area (Å²) in [6, 6.07) is 35.6. The van der Waals surface area contributed by atoms with E-state index >= 15 is 0 Å². The third kappa shape index (κ3) is 3.23. The van der Waals surface area contributed by atoms with Gasteiger partial charge in [-0.3, -0.25) is 0 Å². The first-order chi connectivity index (χ1) is 19.4. The van der Waals surface area contributed by atoms with Crippen molar-refractivity contribution in [1.82, 2.24) is 4.98 Å². The summed E-state index contributed by atoms with van der Waals surface area (Å²) < 4.78 is 0. The average Bonchev–Trinajstić information content (AvgIpc) is 3.31. The monoisotopic (exact) mass is 499 g/mol. The van der Waals surface area contributed by atoms with Gasteiger partial charge < -0.3 is 0 Å². The zero-order valence-electron chi connectivity index (χ0n) is 21.8. The number of para-hydroxylation sites is 1. The van der Waals surface area contributed by atoms with Crippen molar-refractivity contribution in [2.45, 2.75) is 24.7 Å². The molecule has 3 aliphatic carbocycles. The second kappa shape index (κ2) is 8.78. The van der Waals surface area contributed by atoms with Crippen LogP contribution in [0, 0.1) is 5.92 Å². The zero-order valence-corrected chi connectivity index (χ0v) is 21.8. The van der Waals surface area contributed by atoms with E-state index in [9.17, 15) is 0 Å². The predicted octanol–water partition coefficient (Wildman–Crippen LogP) is 9.59. The second-order valence-corrected chi connectivity index (χ2v) is 10.9. The number of hydrogen-bond acceptors (Lipinski definition) is 1. The lowest BCUT2D eigenvalue weighted by atomic mass is 9.60. The second-order valence-electron chi connectivity index (χ2n) is 10.9. The Hall–Kier alpha value is -4.49. The molecule has 8 rings (SSSR count). The van der Waals surface area contributed by atoms with Gasteiger partial charge in [0.15, 0.2) is 0 Å². The summed E-state index contributed by atoms with van der Waals surface area (Å²) >= 11 is 0. The molecule has 1 heteroatoms. The van der Waals surface area contributed by atoms with E-state index in [1.807, 2.05) is 0 Å². The average molecular weight is 500 g/mol. The minimum atomic E-state index is -0.191. The van der Waals surface area contributed by atoms with E-state index in [0.717, 1.165) is 36.0 Å². The molecule has 4 aromatic carbocycles. The summed E-state index contributed by atoms with van der Waals surface area (Å²) in [5, 5.41) is 3.74. The van der Waals surface area contributed by atoms with Gasteiger partial charge in [0.1, 0.15) is 0 Å². The van der Waals surface area contributed by atoms with Gasteiger partial charge in [0.2, 0.25) is 0 Å². The van der Waals surface area contributed by atoms with Crippen molar-refractivity contribution < 1.29 is 0 Å². The topological polar surface area (TPSA) is 12.9 Å². The van der Waals surface area contributed by atoms with Crippen LogP contribution in [0.1, 0.15) is 36.0 Å². The van der Waals surface area contributed by atoms with E-state index < -0.39 is 0 Å². The summed E-state index contributed by atoms with van der Waals surface area (Å²) in [6.07, 6.45) is 17.2. The molecule has 3 aliphatic rings. The van der Waals surface area contributed by atoms with Gasteiger partial charge in [-0.05, 0) is 76.6 Å². The largest absolute Gasteiger partial charge is 0.247 e. The fraction of sp³-hybridized carbons (Fsp3) is 0.132. The van der Waals surface area contributed by atoms with Crippen LogP contribution in [-0.4, -0.2) is 4.98 Å². The lowest BCUT2D eigenvalue weighted by Crippen LogP contribution is -2.37. The first kappa shape index (κ1) is 22.5. The smallest absolute Gasteiger partial charge is 0.0788 e. The third-order valence-corrected chi connectivity index (χ3v) is 9.01. The number of hydrogen-bond donors (Lipinski definition) is 0. The summed E-state index contributed by atoms with van der Waals surface area (Å²) in [4.78, 5) is 5.23. The number of allylic oxidation sites excluding steroid dienone is 8. The number of nitrogens with zero attached hydrogens (tertiary/aromatic N) is 1. The molecule has 1 aromatic heterocycles. The van der Waals surface area contributed by atoms with Gasteiger partial charge in [-0.1, -0.05) is 115 Å². The Morgan fingerprint density at radius 1 is 0.718 bits per heavy atom. The molecule has 186 valence electrons. The van der Waals surface area contributed by atoms with E-state index in [0.29, 0.717) is 5.92 Å². The molecule has 0 N–H and O–H groups in total. The molecule has 39 heavy (non-hydrogen) atoms. The highest BCUT2D eigenvalue weighted by Crippen LogP contribution is 2.59. The Morgan fingerprint density at radius 3 is 2.33 bits per heavy atom. The van der Waals surface area contributed by atoms with E-state index in [4.69, 9.17) is 4.98 Å². The number of rotatable bonds is 3.